The van der Waals surface area contributed by atoms with Crippen LogP contribution in [0, 0.1) is 0 Å². The van der Waals surface area contributed by atoms with Crippen molar-refractivity contribution >= 4 is 18.0 Å². The number of carbonyl (C=O) groups is 2. The summed E-state index contributed by atoms with van der Waals surface area (Å²) in [5.74, 6) is 0.198. The maximum atomic E-state index is 12.7. The van der Waals surface area contributed by atoms with E-state index >= 15 is 0 Å². The highest BCUT2D eigenvalue weighted by atomic mass is 16.5. The molecule has 1 fully saturated rings. The minimum Gasteiger partial charge on any atom is -0.469 e. The molecule has 1 aliphatic carbocycles. The Hall–Kier alpha value is -2.10. The summed E-state index contributed by atoms with van der Waals surface area (Å²) in [4.78, 5) is 25.9. The van der Waals surface area contributed by atoms with Gasteiger partial charge in [-0.1, -0.05) is 51.0 Å². The second kappa shape index (κ2) is 9.40. The Morgan fingerprint density at radius 3 is 2.40 bits per heavy atom. The molecule has 0 aliphatic heterocycles. The summed E-state index contributed by atoms with van der Waals surface area (Å²) < 4.78 is 4.71. The summed E-state index contributed by atoms with van der Waals surface area (Å²) in [5, 5.41) is 0. The molecule has 136 valence electrons. The van der Waals surface area contributed by atoms with Crippen LogP contribution >= 0.6 is 0 Å². The van der Waals surface area contributed by atoms with E-state index in [1.807, 2.05) is 23.1 Å². The van der Waals surface area contributed by atoms with Crippen LogP contribution in [0.3, 0.4) is 0 Å². The van der Waals surface area contributed by atoms with E-state index in [0.717, 1.165) is 31.2 Å². The Bertz CT molecular complexity index is 598. The highest BCUT2D eigenvalue weighted by Crippen LogP contribution is 2.24. The normalized spacial score (nSPS) is 15.0. The van der Waals surface area contributed by atoms with Crippen molar-refractivity contribution in [3.05, 3.63) is 41.5 Å². The summed E-state index contributed by atoms with van der Waals surface area (Å²) >= 11 is 0. The Morgan fingerprint density at radius 1 is 1.20 bits per heavy atom. The van der Waals surface area contributed by atoms with Crippen LogP contribution in [0.25, 0.3) is 6.08 Å². The van der Waals surface area contributed by atoms with Crippen LogP contribution < -0.4 is 0 Å². The van der Waals surface area contributed by atoms with Gasteiger partial charge in [-0.05, 0) is 36.0 Å². The van der Waals surface area contributed by atoms with Crippen LogP contribution in [0.1, 0.15) is 63.0 Å². The fourth-order valence-corrected chi connectivity index (χ4v) is 3.26. The minimum absolute atomic E-state index is 0.0243. The van der Waals surface area contributed by atoms with Gasteiger partial charge in [0, 0.05) is 18.7 Å². The Morgan fingerprint density at radius 2 is 1.84 bits per heavy atom. The monoisotopic (exact) mass is 343 g/mol. The average Bonchev–Trinajstić information content (AvgIpc) is 3.14. The van der Waals surface area contributed by atoms with Crippen molar-refractivity contribution in [3.63, 3.8) is 0 Å². The molecule has 25 heavy (non-hydrogen) atoms. The summed E-state index contributed by atoms with van der Waals surface area (Å²) in [6.45, 7) is 4.75. The van der Waals surface area contributed by atoms with Gasteiger partial charge in [0.25, 0.3) is 0 Å². The Kier molecular flexibility index (Phi) is 7.23. The third kappa shape index (κ3) is 5.73. The first kappa shape index (κ1) is 19.2. The van der Waals surface area contributed by atoms with Crippen LogP contribution in [0.15, 0.2) is 30.3 Å². The summed E-state index contributed by atoms with van der Waals surface area (Å²) in [6, 6.07) is 8.51. The number of benzene rings is 1. The minimum atomic E-state index is -0.274. The molecule has 1 aromatic rings. The van der Waals surface area contributed by atoms with E-state index in [0.29, 0.717) is 12.5 Å². The molecule has 0 heterocycles. The average molecular weight is 343 g/mol. The zero-order valence-corrected chi connectivity index (χ0v) is 15.5. The first-order chi connectivity index (χ1) is 12.0. The smallest absolute Gasteiger partial charge is 0.307 e. The predicted octanol–water partition coefficient (Wildman–Crippen LogP) is 4.16. The highest BCUT2D eigenvalue weighted by Gasteiger charge is 2.25. The maximum Gasteiger partial charge on any atom is 0.307 e. The van der Waals surface area contributed by atoms with Crippen molar-refractivity contribution in [2.24, 2.45) is 0 Å². The lowest BCUT2D eigenvalue weighted by Crippen LogP contribution is -2.39. The number of ether oxygens (including phenoxy) is 1. The van der Waals surface area contributed by atoms with Crippen molar-refractivity contribution in [3.8, 4) is 0 Å². The van der Waals surface area contributed by atoms with Gasteiger partial charge in [0.15, 0.2) is 0 Å². The van der Waals surface area contributed by atoms with Gasteiger partial charge in [-0.3, -0.25) is 9.59 Å². The molecular formula is C21H29NO3. The second-order valence-corrected chi connectivity index (χ2v) is 6.95. The molecule has 0 bridgehead atoms. The molecular weight excluding hydrogens is 314 g/mol. The molecule has 1 saturated carbocycles. The highest BCUT2D eigenvalue weighted by molar-refractivity contribution is 5.92. The first-order valence-electron chi connectivity index (χ1n) is 9.16. The fraction of sp³-hybridized carbons (Fsp3) is 0.524. The van der Waals surface area contributed by atoms with Crippen LogP contribution in [0.5, 0.6) is 0 Å². The quantitative estimate of drug-likeness (QED) is 0.552. The molecule has 0 atom stereocenters. The molecule has 0 saturated heterocycles. The number of nitrogens with zero attached hydrogens (tertiary/aromatic N) is 1. The van der Waals surface area contributed by atoms with E-state index in [1.165, 1.54) is 12.7 Å². The van der Waals surface area contributed by atoms with E-state index in [1.54, 1.807) is 6.08 Å². The summed E-state index contributed by atoms with van der Waals surface area (Å²) in [6.07, 6.45) is 8.05. The van der Waals surface area contributed by atoms with Crippen molar-refractivity contribution in [2.75, 3.05) is 13.7 Å². The van der Waals surface area contributed by atoms with Crippen molar-refractivity contribution < 1.29 is 14.3 Å². The molecule has 4 heteroatoms. The van der Waals surface area contributed by atoms with Crippen molar-refractivity contribution in [1.29, 1.82) is 0 Å². The molecule has 4 nitrogen and oxygen atoms in total. The Labute approximate surface area is 150 Å². The van der Waals surface area contributed by atoms with Crippen LogP contribution in [0.2, 0.25) is 0 Å². The molecule has 0 radical (unpaired) electrons. The summed E-state index contributed by atoms with van der Waals surface area (Å²) in [5.41, 5.74) is 2.30. The fourth-order valence-electron chi connectivity index (χ4n) is 3.26. The van der Waals surface area contributed by atoms with E-state index < -0.39 is 0 Å². The predicted molar refractivity (Wildman–Crippen MR) is 100 cm³/mol. The zero-order valence-electron chi connectivity index (χ0n) is 15.5. The van der Waals surface area contributed by atoms with Crippen molar-refractivity contribution in [2.45, 2.75) is 57.9 Å². The molecule has 1 amide bonds. The van der Waals surface area contributed by atoms with Crippen LogP contribution in [0.4, 0.5) is 0 Å². The van der Waals surface area contributed by atoms with Gasteiger partial charge in [-0.2, -0.15) is 0 Å². The lowest BCUT2D eigenvalue weighted by atomic mass is 10.0. The molecule has 0 spiro atoms. The van der Waals surface area contributed by atoms with E-state index in [-0.39, 0.29) is 24.3 Å². The largest absolute Gasteiger partial charge is 0.469 e. The number of hydrogen-bond donors (Lipinski definition) is 0. The number of rotatable bonds is 7. The Balaban J connectivity index is 2.02. The standard InChI is InChI=1S/C21H29NO3/c1-16(2)18-11-8-17(9-12-18)10-13-20(23)22(15-14-21(24)25-3)19-6-4-5-7-19/h8-13,16,19H,4-7,14-15H2,1-3H3/b13-10+. The van der Waals surface area contributed by atoms with Crippen molar-refractivity contribution in [1.82, 2.24) is 4.90 Å². The number of amides is 1. The number of hydrogen-bond acceptors (Lipinski definition) is 3. The summed E-state index contributed by atoms with van der Waals surface area (Å²) in [7, 11) is 1.38. The van der Waals surface area contributed by atoms with Gasteiger partial charge in [0.1, 0.15) is 0 Å². The lowest BCUT2D eigenvalue weighted by molar-refractivity contribution is -0.141. The maximum absolute atomic E-state index is 12.7. The third-order valence-electron chi connectivity index (χ3n) is 4.85. The van der Waals surface area contributed by atoms with Gasteiger partial charge in [0.05, 0.1) is 13.5 Å². The molecule has 1 aromatic carbocycles. The van der Waals surface area contributed by atoms with Gasteiger partial charge in [-0.25, -0.2) is 0 Å². The molecule has 1 aliphatic rings. The van der Waals surface area contributed by atoms with Crippen LogP contribution in [-0.2, 0) is 14.3 Å². The van der Waals surface area contributed by atoms with E-state index in [2.05, 4.69) is 26.0 Å². The third-order valence-corrected chi connectivity index (χ3v) is 4.85. The topological polar surface area (TPSA) is 46.6 Å². The zero-order chi connectivity index (χ0) is 18.2. The molecule has 0 aromatic heterocycles. The number of carbonyl (C=O) groups excluding carboxylic acids is 2. The molecule has 0 unspecified atom stereocenters. The lowest BCUT2D eigenvalue weighted by Gasteiger charge is -2.27. The first-order valence-corrected chi connectivity index (χ1v) is 9.16. The second-order valence-electron chi connectivity index (χ2n) is 6.95. The van der Waals surface area contributed by atoms with Gasteiger partial charge >= 0.3 is 5.97 Å². The van der Waals surface area contributed by atoms with Crippen LogP contribution in [-0.4, -0.2) is 36.5 Å². The molecule has 0 N–H and O–H groups in total. The van der Waals surface area contributed by atoms with E-state index in [9.17, 15) is 9.59 Å². The molecule has 2 rings (SSSR count). The van der Waals surface area contributed by atoms with Gasteiger partial charge in [-0.15, -0.1) is 0 Å². The van der Waals surface area contributed by atoms with E-state index in [4.69, 9.17) is 4.74 Å². The number of methoxy groups -OCH3 is 1. The SMILES string of the molecule is COC(=O)CCN(C(=O)/C=C/c1ccc(C(C)C)cc1)C1CCCC1. The number of esters is 1. The van der Waals surface area contributed by atoms with Gasteiger partial charge < -0.3 is 9.64 Å². The van der Waals surface area contributed by atoms with Gasteiger partial charge in [0.2, 0.25) is 5.91 Å².